The summed E-state index contributed by atoms with van der Waals surface area (Å²) in [6, 6.07) is 1.30. The number of pyridine rings is 1. The van der Waals surface area contributed by atoms with Crippen LogP contribution in [-0.2, 0) is 10.0 Å². The van der Waals surface area contributed by atoms with Crippen LogP contribution in [0.4, 0.5) is 5.95 Å². The molecule has 10 heteroatoms. The van der Waals surface area contributed by atoms with E-state index in [0.29, 0.717) is 10.4 Å². The molecule has 7 nitrogen and oxygen atoms in total. The van der Waals surface area contributed by atoms with Crippen molar-refractivity contribution in [2.24, 2.45) is 0 Å². The highest BCUT2D eigenvalue weighted by Gasteiger charge is 2.17. The second-order valence-corrected chi connectivity index (χ2v) is 7.74. The predicted octanol–water partition coefficient (Wildman–Crippen LogP) is 2.15. The number of nitrogens with zero attached hydrogens (tertiary/aromatic N) is 3. The van der Waals surface area contributed by atoms with E-state index >= 15 is 0 Å². The number of sulfonamides is 1. The molecule has 2 N–H and O–H groups in total. The molecule has 0 saturated carbocycles. The Morgan fingerprint density at radius 2 is 2.15 bits per heavy atom. The molecule has 2 aromatic rings. The number of aromatic amines is 1. The molecule has 20 heavy (non-hydrogen) atoms. The van der Waals surface area contributed by atoms with Gasteiger partial charge in [0.15, 0.2) is 0 Å². The lowest BCUT2D eigenvalue weighted by Gasteiger charge is -2.04. The third kappa shape index (κ3) is 3.84. The van der Waals surface area contributed by atoms with E-state index in [-0.39, 0.29) is 15.9 Å². The lowest BCUT2D eigenvalue weighted by molar-refractivity contribution is 0.600. The summed E-state index contributed by atoms with van der Waals surface area (Å²) in [6.45, 7) is 3.98. The highest BCUT2D eigenvalue weighted by atomic mass is 35.5. The van der Waals surface area contributed by atoms with Crippen LogP contribution in [-0.4, -0.2) is 33.8 Å². The second-order valence-electron chi connectivity index (χ2n) is 4.08. The van der Waals surface area contributed by atoms with Crippen molar-refractivity contribution in [1.29, 1.82) is 0 Å². The first-order chi connectivity index (χ1) is 9.37. The van der Waals surface area contributed by atoms with Gasteiger partial charge in [-0.25, -0.2) is 18.2 Å². The zero-order chi connectivity index (χ0) is 14.8. The standard InChI is InChI=1S/C10H12ClN5O2S2/c1-6(2)19-10-13-9(14-15-10)16-20(17,18)8-3-7(11)4-12-5-8/h3-6H,1-2H3,(H2,13,14,15,16). The number of aromatic nitrogens is 4. The number of nitrogens with one attached hydrogen (secondary N) is 2. The third-order valence-corrected chi connectivity index (χ3v) is 4.40. The van der Waals surface area contributed by atoms with Gasteiger partial charge in [-0.3, -0.25) is 4.98 Å². The first-order valence-electron chi connectivity index (χ1n) is 5.59. The van der Waals surface area contributed by atoms with Gasteiger partial charge in [-0.2, -0.15) is 4.98 Å². The van der Waals surface area contributed by atoms with Crippen molar-refractivity contribution in [3.05, 3.63) is 23.5 Å². The minimum atomic E-state index is -3.79. The Morgan fingerprint density at radius 3 is 2.80 bits per heavy atom. The van der Waals surface area contributed by atoms with Gasteiger partial charge in [0.25, 0.3) is 10.0 Å². The summed E-state index contributed by atoms with van der Waals surface area (Å²) in [5.74, 6) is 0.0492. The zero-order valence-electron chi connectivity index (χ0n) is 10.7. The Morgan fingerprint density at radius 1 is 1.40 bits per heavy atom. The van der Waals surface area contributed by atoms with Crippen LogP contribution in [0, 0.1) is 0 Å². The van der Waals surface area contributed by atoms with Crippen LogP contribution in [0.2, 0.25) is 5.02 Å². The van der Waals surface area contributed by atoms with Crippen LogP contribution >= 0.6 is 23.4 Å². The second kappa shape index (κ2) is 5.98. The molecule has 2 aromatic heterocycles. The van der Waals surface area contributed by atoms with Crippen LogP contribution in [0.1, 0.15) is 13.8 Å². The van der Waals surface area contributed by atoms with Gasteiger partial charge in [0.2, 0.25) is 11.1 Å². The monoisotopic (exact) mass is 333 g/mol. The highest BCUT2D eigenvalue weighted by molar-refractivity contribution is 7.99. The van der Waals surface area contributed by atoms with Crippen molar-refractivity contribution >= 4 is 39.3 Å². The summed E-state index contributed by atoms with van der Waals surface area (Å²) in [7, 11) is -3.79. The average Bonchev–Trinajstić information content (AvgIpc) is 2.74. The Hall–Kier alpha value is -1.32. The fraction of sp³-hybridized carbons (Fsp3) is 0.300. The summed E-state index contributed by atoms with van der Waals surface area (Å²) in [4.78, 5) is 7.73. The molecule has 0 aliphatic carbocycles. The molecular weight excluding hydrogens is 322 g/mol. The fourth-order valence-corrected chi connectivity index (χ4v) is 3.13. The third-order valence-electron chi connectivity index (χ3n) is 2.03. The quantitative estimate of drug-likeness (QED) is 0.813. The Balaban J connectivity index is 2.18. The van der Waals surface area contributed by atoms with E-state index in [2.05, 4.69) is 24.9 Å². The SMILES string of the molecule is CC(C)Sc1n[nH]c(NS(=O)(=O)c2cncc(Cl)c2)n1. The molecular formula is C10H12ClN5O2S2. The lowest BCUT2D eigenvalue weighted by Crippen LogP contribution is -2.14. The Labute approximate surface area is 125 Å². The van der Waals surface area contributed by atoms with Crippen LogP contribution in [0.5, 0.6) is 0 Å². The number of hydrogen-bond acceptors (Lipinski definition) is 6. The lowest BCUT2D eigenvalue weighted by atomic mass is 10.5. The van der Waals surface area contributed by atoms with Crippen molar-refractivity contribution in [2.45, 2.75) is 29.1 Å². The number of rotatable bonds is 5. The molecule has 108 valence electrons. The van der Waals surface area contributed by atoms with Crippen molar-refractivity contribution in [3.8, 4) is 0 Å². The highest BCUT2D eigenvalue weighted by Crippen LogP contribution is 2.21. The topological polar surface area (TPSA) is 101 Å². The van der Waals surface area contributed by atoms with Gasteiger partial charge in [-0.1, -0.05) is 37.2 Å². The molecule has 0 unspecified atom stereocenters. The maximum absolute atomic E-state index is 12.1. The predicted molar refractivity (Wildman–Crippen MR) is 77.4 cm³/mol. The summed E-state index contributed by atoms with van der Waals surface area (Å²) < 4.78 is 26.4. The van der Waals surface area contributed by atoms with E-state index in [1.165, 1.54) is 30.2 Å². The summed E-state index contributed by atoms with van der Waals surface area (Å²) in [5.41, 5.74) is 0. The molecule has 0 aromatic carbocycles. The van der Waals surface area contributed by atoms with Gasteiger partial charge in [0.05, 0.1) is 5.02 Å². The molecule has 2 heterocycles. The van der Waals surface area contributed by atoms with E-state index in [9.17, 15) is 8.42 Å². The molecule has 0 bridgehead atoms. The maximum Gasteiger partial charge on any atom is 0.265 e. The van der Waals surface area contributed by atoms with E-state index in [0.717, 1.165) is 0 Å². The fourth-order valence-electron chi connectivity index (χ4n) is 1.28. The van der Waals surface area contributed by atoms with Crippen molar-refractivity contribution < 1.29 is 8.42 Å². The molecule has 0 saturated heterocycles. The molecule has 0 atom stereocenters. The number of thioether (sulfide) groups is 1. The molecule has 0 radical (unpaired) electrons. The first-order valence-corrected chi connectivity index (χ1v) is 8.33. The minimum absolute atomic E-state index is 0.0422. The summed E-state index contributed by atoms with van der Waals surface area (Å²) >= 11 is 7.14. The molecule has 0 fully saturated rings. The molecule has 0 aliphatic rings. The largest absolute Gasteiger partial charge is 0.265 e. The van der Waals surface area contributed by atoms with Gasteiger partial charge < -0.3 is 0 Å². The molecule has 0 amide bonds. The molecule has 0 spiro atoms. The van der Waals surface area contributed by atoms with Crippen LogP contribution in [0.15, 0.2) is 28.5 Å². The van der Waals surface area contributed by atoms with Crippen LogP contribution < -0.4 is 4.72 Å². The Kier molecular flexibility index (Phi) is 4.51. The normalized spacial score (nSPS) is 11.8. The molecule has 0 aliphatic heterocycles. The number of anilines is 1. The average molecular weight is 334 g/mol. The van der Waals surface area contributed by atoms with E-state index in [4.69, 9.17) is 11.6 Å². The van der Waals surface area contributed by atoms with E-state index in [1.807, 2.05) is 13.8 Å². The van der Waals surface area contributed by atoms with Crippen molar-refractivity contribution in [3.63, 3.8) is 0 Å². The van der Waals surface area contributed by atoms with E-state index in [1.54, 1.807) is 0 Å². The van der Waals surface area contributed by atoms with Crippen LogP contribution in [0.3, 0.4) is 0 Å². The van der Waals surface area contributed by atoms with Crippen LogP contribution in [0.25, 0.3) is 0 Å². The maximum atomic E-state index is 12.1. The van der Waals surface area contributed by atoms with Crippen molar-refractivity contribution in [1.82, 2.24) is 20.2 Å². The number of H-pyrrole nitrogens is 1. The summed E-state index contributed by atoms with van der Waals surface area (Å²) in [5, 5.41) is 7.45. The van der Waals surface area contributed by atoms with Gasteiger partial charge in [-0.05, 0) is 6.07 Å². The summed E-state index contributed by atoms with van der Waals surface area (Å²) in [6.07, 6.45) is 2.56. The first kappa shape index (κ1) is 15.1. The minimum Gasteiger partial charge on any atom is -0.262 e. The van der Waals surface area contributed by atoms with E-state index < -0.39 is 10.0 Å². The Bertz CT molecular complexity index is 701. The van der Waals surface area contributed by atoms with Gasteiger partial charge in [0.1, 0.15) is 4.90 Å². The number of hydrogen-bond donors (Lipinski definition) is 2. The molecule has 2 rings (SSSR count). The van der Waals surface area contributed by atoms with Gasteiger partial charge >= 0.3 is 0 Å². The number of halogens is 1. The van der Waals surface area contributed by atoms with Gasteiger partial charge in [-0.15, -0.1) is 5.10 Å². The van der Waals surface area contributed by atoms with Crippen molar-refractivity contribution in [2.75, 3.05) is 4.72 Å². The zero-order valence-corrected chi connectivity index (χ0v) is 13.1. The smallest absolute Gasteiger partial charge is 0.262 e. The van der Waals surface area contributed by atoms with Gasteiger partial charge in [0, 0.05) is 17.6 Å².